The number of hydrogen-bond acceptors (Lipinski definition) is 5. The van der Waals surface area contributed by atoms with Crippen LogP contribution in [0.2, 0.25) is 0 Å². The number of carbonyl (C=O) groups is 3. The maximum absolute atomic E-state index is 13.1. The standard InChI is InChI=1S/C25H29N3O5.ClH/c1-6-33-21-10-15-12-28(22(26)17(15)11-18(21)23(30)27-5)13-20(29)14-7-8-16(24(31)32)19(9-14)25(2,3)4;/h7-11,26H,6,12-13H2,1-5H3,(H,27,30)(H,31,32);1H. The zero-order chi connectivity index (χ0) is 24.5. The molecule has 3 N–H and O–H groups in total. The first kappa shape index (κ1) is 26.9. The van der Waals surface area contributed by atoms with Gasteiger partial charge in [-0.3, -0.25) is 15.0 Å². The molecule has 0 aromatic heterocycles. The molecule has 0 radical (unpaired) electrons. The topological polar surface area (TPSA) is 120 Å². The molecule has 0 spiro atoms. The van der Waals surface area contributed by atoms with Crippen molar-refractivity contribution in [2.45, 2.75) is 39.7 Å². The SMILES string of the molecule is CCOc1cc2c(cc1C(=O)NC)C(=N)N(CC(=O)c1ccc(C(=O)O)c(C(C)(C)C)c1)C2.Cl. The van der Waals surface area contributed by atoms with E-state index < -0.39 is 11.4 Å². The smallest absolute Gasteiger partial charge is 0.335 e. The molecule has 0 atom stereocenters. The second-order valence-electron chi connectivity index (χ2n) is 8.96. The van der Waals surface area contributed by atoms with E-state index >= 15 is 0 Å². The number of carboxylic acid groups (broad SMARTS) is 1. The number of Topliss-reactive ketones (excluding diaryl/α,β-unsaturated/α-hetero) is 1. The van der Waals surface area contributed by atoms with E-state index in [1.807, 2.05) is 27.7 Å². The van der Waals surface area contributed by atoms with E-state index in [4.69, 9.17) is 10.1 Å². The minimum Gasteiger partial charge on any atom is -0.493 e. The maximum atomic E-state index is 13.1. The molecule has 1 heterocycles. The highest BCUT2D eigenvalue weighted by Gasteiger charge is 2.30. The van der Waals surface area contributed by atoms with E-state index in [0.717, 1.165) is 5.56 Å². The summed E-state index contributed by atoms with van der Waals surface area (Å²) in [6, 6.07) is 8.00. The van der Waals surface area contributed by atoms with Gasteiger partial charge >= 0.3 is 5.97 Å². The molecule has 2 aromatic carbocycles. The van der Waals surface area contributed by atoms with Crippen LogP contribution in [0.25, 0.3) is 0 Å². The molecule has 1 aliphatic heterocycles. The van der Waals surface area contributed by atoms with Gasteiger partial charge in [0.1, 0.15) is 11.6 Å². The molecular formula is C25H30ClN3O5. The van der Waals surface area contributed by atoms with Gasteiger partial charge < -0.3 is 20.1 Å². The molecule has 3 rings (SSSR count). The Kier molecular flexibility index (Phi) is 8.10. The van der Waals surface area contributed by atoms with Crippen LogP contribution >= 0.6 is 12.4 Å². The number of nitrogens with zero attached hydrogens (tertiary/aromatic N) is 1. The van der Waals surface area contributed by atoms with Crippen molar-refractivity contribution >= 4 is 35.9 Å². The quantitative estimate of drug-likeness (QED) is 0.510. The van der Waals surface area contributed by atoms with Gasteiger partial charge in [0.25, 0.3) is 5.91 Å². The normalized spacial score (nSPS) is 12.6. The number of hydrogen-bond donors (Lipinski definition) is 3. The Morgan fingerprint density at radius 2 is 1.82 bits per heavy atom. The summed E-state index contributed by atoms with van der Waals surface area (Å²) in [7, 11) is 1.53. The number of amidine groups is 1. The molecule has 0 bridgehead atoms. The van der Waals surface area contributed by atoms with E-state index in [9.17, 15) is 19.5 Å². The van der Waals surface area contributed by atoms with Gasteiger partial charge in [-0.15, -0.1) is 12.4 Å². The van der Waals surface area contributed by atoms with Gasteiger partial charge in [0.2, 0.25) is 0 Å². The number of carboxylic acids is 1. The molecule has 0 aliphatic carbocycles. The van der Waals surface area contributed by atoms with Crippen LogP contribution in [0, 0.1) is 5.41 Å². The molecule has 9 heteroatoms. The fourth-order valence-electron chi connectivity index (χ4n) is 3.94. The molecule has 0 fully saturated rings. The predicted octanol–water partition coefficient (Wildman–Crippen LogP) is 3.89. The third-order valence-electron chi connectivity index (χ3n) is 5.62. The molecular weight excluding hydrogens is 458 g/mol. The van der Waals surface area contributed by atoms with Crippen LogP contribution in [0.4, 0.5) is 0 Å². The lowest BCUT2D eigenvalue weighted by molar-refractivity contribution is 0.0693. The van der Waals surface area contributed by atoms with Crippen molar-refractivity contribution in [2.24, 2.45) is 0 Å². The van der Waals surface area contributed by atoms with Gasteiger partial charge in [-0.2, -0.15) is 0 Å². The van der Waals surface area contributed by atoms with Gasteiger partial charge in [-0.1, -0.05) is 26.8 Å². The summed E-state index contributed by atoms with van der Waals surface area (Å²) in [4.78, 5) is 38.6. The average Bonchev–Trinajstić information content (AvgIpc) is 3.06. The first-order chi connectivity index (χ1) is 15.5. The zero-order valence-electron chi connectivity index (χ0n) is 19.9. The molecule has 1 amide bonds. The number of ketones is 1. The van der Waals surface area contributed by atoms with Crippen molar-refractivity contribution in [3.05, 3.63) is 63.7 Å². The van der Waals surface area contributed by atoms with Crippen molar-refractivity contribution in [3.63, 3.8) is 0 Å². The fraction of sp³-hybridized carbons (Fsp3) is 0.360. The van der Waals surface area contributed by atoms with Crippen LogP contribution in [0.15, 0.2) is 30.3 Å². The van der Waals surface area contributed by atoms with Crippen molar-refractivity contribution < 1.29 is 24.2 Å². The van der Waals surface area contributed by atoms with Crippen LogP contribution in [-0.4, -0.2) is 53.7 Å². The lowest BCUT2D eigenvalue weighted by atomic mass is 9.82. The lowest BCUT2D eigenvalue weighted by Gasteiger charge is -2.23. The maximum Gasteiger partial charge on any atom is 0.335 e. The number of nitrogens with one attached hydrogen (secondary N) is 2. The summed E-state index contributed by atoms with van der Waals surface area (Å²) in [5.41, 5.74) is 2.43. The van der Waals surface area contributed by atoms with Crippen LogP contribution in [-0.2, 0) is 12.0 Å². The van der Waals surface area contributed by atoms with E-state index in [0.29, 0.717) is 41.2 Å². The highest BCUT2D eigenvalue weighted by Crippen LogP contribution is 2.31. The number of ether oxygens (including phenoxy) is 1. The van der Waals surface area contributed by atoms with Gasteiger partial charge in [-0.25, -0.2) is 4.79 Å². The Labute approximate surface area is 205 Å². The third-order valence-corrected chi connectivity index (χ3v) is 5.62. The minimum absolute atomic E-state index is 0. The molecule has 0 saturated heterocycles. The number of amides is 1. The molecule has 34 heavy (non-hydrogen) atoms. The van der Waals surface area contributed by atoms with E-state index in [1.165, 1.54) is 19.2 Å². The number of carbonyl (C=O) groups excluding carboxylic acids is 2. The Morgan fingerprint density at radius 3 is 2.38 bits per heavy atom. The van der Waals surface area contributed by atoms with Crippen LogP contribution in [0.3, 0.4) is 0 Å². The van der Waals surface area contributed by atoms with Gasteiger partial charge in [-0.05, 0) is 47.7 Å². The molecule has 1 aliphatic rings. The Morgan fingerprint density at radius 1 is 1.15 bits per heavy atom. The molecule has 2 aromatic rings. The first-order valence-electron chi connectivity index (χ1n) is 10.7. The van der Waals surface area contributed by atoms with E-state index in [-0.39, 0.29) is 42.0 Å². The van der Waals surface area contributed by atoms with E-state index in [2.05, 4.69) is 5.32 Å². The second kappa shape index (κ2) is 10.3. The second-order valence-corrected chi connectivity index (χ2v) is 8.96. The van der Waals surface area contributed by atoms with Crippen LogP contribution in [0.1, 0.15) is 75.5 Å². The fourth-order valence-corrected chi connectivity index (χ4v) is 3.94. The minimum atomic E-state index is -1.03. The summed E-state index contributed by atoms with van der Waals surface area (Å²) < 4.78 is 5.62. The monoisotopic (exact) mass is 487 g/mol. The van der Waals surface area contributed by atoms with Crippen molar-refractivity contribution in [2.75, 3.05) is 20.2 Å². The van der Waals surface area contributed by atoms with Crippen molar-refractivity contribution in [1.29, 1.82) is 5.41 Å². The molecule has 182 valence electrons. The lowest BCUT2D eigenvalue weighted by Crippen LogP contribution is -2.30. The van der Waals surface area contributed by atoms with Crippen LogP contribution < -0.4 is 10.1 Å². The average molecular weight is 488 g/mol. The summed E-state index contributed by atoms with van der Waals surface area (Å²) >= 11 is 0. The predicted molar refractivity (Wildman–Crippen MR) is 132 cm³/mol. The van der Waals surface area contributed by atoms with Crippen molar-refractivity contribution in [1.82, 2.24) is 10.2 Å². The van der Waals surface area contributed by atoms with Crippen LogP contribution in [0.5, 0.6) is 5.75 Å². The third kappa shape index (κ3) is 5.22. The summed E-state index contributed by atoms with van der Waals surface area (Å²) in [6.07, 6.45) is 0. The number of aromatic carboxylic acids is 1. The number of benzene rings is 2. The molecule has 0 saturated carbocycles. The van der Waals surface area contributed by atoms with E-state index in [1.54, 1.807) is 23.1 Å². The largest absolute Gasteiger partial charge is 0.493 e. The highest BCUT2D eigenvalue weighted by molar-refractivity contribution is 6.07. The zero-order valence-corrected chi connectivity index (χ0v) is 20.8. The summed E-state index contributed by atoms with van der Waals surface area (Å²) in [5, 5.41) is 20.7. The Hall–Kier alpha value is -3.39. The molecule has 8 nitrogen and oxygen atoms in total. The number of rotatable bonds is 7. The van der Waals surface area contributed by atoms with Gasteiger partial charge in [0, 0.05) is 24.7 Å². The van der Waals surface area contributed by atoms with Gasteiger partial charge in [0.05, 0.1) is 24.3 Å². The number of halogens is 1. The Bertz CT molecular complexity index is 1150. The van der Waals surface area contributed by atoms with Gasteiger partial charge in [0.15, 0.2) is 5.78 Å². The molecule has 0 unspecified atom stereocenters. The summed E-state index contributed by atoms with van der Waals surface area (Å²) in [6.45, 7) is 8.22. The number of fused-ring (bicyclic) bond motifs is 1. The van der Waals surface area contributed by atoms with Crippen molar-refractivity contribution in [3.8, 4) is 5.75 Å². The summed E-state index contributed by atoms with van der Waals surface area (Å²) in [5.74, 6) is -0.962. The Balaban J connectivity index is 0.00000408. The first-order valence-corrected chi connectivity index (χ1v) is 10.7. The highest BCUT2D eigenvalue weighted by atomic mass is 35.5.